The lowest BCUT2D eigenvalue weighted by atomic mass is 9.99. The Hall–Kier alpha value is -1.74. The molecule has 1 aromatic heterocycles. The second-order valence-electron chi connectivity index (χ2n) is 6.62. The quantitative estimate of drug-likeness (QED) is 0.872. The van der Waals surface area contributed by atoms with Crippen molar-refractivity contribution >= 4 is 0 Å². The molecular weight excluding hydrogens is 287 g/mol. The van der Waals surface area contributed by atoms with Gasteiger partial charge in [0, 0.05) is 17.9 Å². The molecule has 2 aromatic rings. The van der Waals surface area contributed by atoms with Crippen molar-refractivity contribution in [2.45, 2.75) is 51.5 Å². The first-order valence-corrected chi connectivity index (χ1v) is 8.62. The number of halogens is 1. The summed E-state index contributed by atoms with van der Waals surface area (Å²) in [7, 11) is 0. The van der Waals surface area contributed by atoms with Crippen molar-refractivity contribution in [1.29, 1.82) is 0 Å². The van der Waals surface area contributed by atoms with Crippen LogP contribution < -0.4 is 5.32 Å². The maximum Gasteiger partial charge on any atom is 0.123 e. The molecule has 1 fully saturated rings. The molecule has 0 amide bonds. The van der Waals surface area contributed by atoms with Crippen LogP contribution in [0.3, 0.4) is 0 Å². The fourth-order valence-corrected chi connectivity index (χ4v) is 3.36. The van der Waals surface area contributed by atoms with Gasteiger partial charge in [-0.05, 0) is 92.9 Å². The molecule has 0 aliphatic carbocycles. The molecule has 1 N–H and O–H groups in total. The van der Waals surface area contributed by atoms with Crippen molar-refractivity contribution in [2.75, 3.05) is 6.54 Å². The van der Waals surface area contributed by atoms with E-state index in [9.17, 15) is 4.39 Å². The summed E-state index contributed by atoms with van der Waals surface area (Å²) in [5.74, 6) is -0.117. The Morgan fingerprint density at radius 3 is 2.70 bits per heavy atom. The largest absolute Gasteiger partial charge is 0.314 e. The number of hydrogen-bond acceptors (Lipinski definition) is 2. The van der Waals surface area contributed by atoms with E-state index in [1.54, 1.807) is 12.1 Å². The molecule has 2 nitrogen and oxygen atoms in total. The molecule has 1 atom stereocenters. The van der Waals surface area contributed by atoms with E-state index in [4.69, 9.17) is 0 Å². The number of nitrogens with zero attached hydrogens (tertiary/aromatic N) is 1. The summed E-state index contributed by atoms with van der Waals surface area (Å²) < 4.78 is 13.9. The van der Waals surface area contributed by atoms with E-state index in [0.717, 1.165) is 49.0 Å². The van der Waals surface area contributed by atoms with E-state index in [1.165, 1.54) is 18.4 Å². The zero-order valence-electron chi connectivity index (χ0n) is 13.8. The maximum atomic E-state index is 13.9. The summed E-state index contributed by atoms with van der Waals surface area (Å²) in [5.41, 5.74) is 4.48. The summed E-state index contributed by atoms with van der Waals surface area (Å²) in [4.78, 5) is 4.39. The molecule has 1 unspecified atom stereocenters. The number of benzene rings is 1. The number of aromatic nitrogens is 1. The van der Waals surface area contributed by atoms with Gasteiger partial charge in [-0.15, -0.1) is 0 Å². The summed E-state index contributed by atoms with van der Waals surface area (Å²) >= 11 is 0. The normalized spacial score (nSPS) is 17.6. The van der Waals surface area contributed by atoms with Crippen molar-refractivity contribution in [3.8, 4) is 0 Å². The van der Waals surface area contributed by atoms with E-state index in [-0.39, 0.29) is 5.82 Å². The molecule has 2 heterocycles. The first-order chi connectivity index (χ1) is 11.2. The van der Waals surface area contributed by atoms with Crippen LogP contribution in [0.4, 0.5) is 4.39 Å². The van der Waals surface area contributed by atoms with Crippen molar-refractivity contribution in [3.05, 3.63) is 64.7 Å². The zero-order chi connectivity index (χ0) is 16.1. The molecule has 23 heavy (non-hydrogen) atoms. The monoisotopic (exact) mass is 312 g/mol. The van der Waals surface area contributed by atoms with Crippen LogP contribution in [0.1, 0.15) is 41.6 Å². The van der Waals surface area contributed by atoms with Gasteiger partial charge in [0.1, 0.15) is 5.82 Å². The number of rotatable bonds is 6. The van der Waals surface area contributed by atoms with E-state index in [2.05, 4.69) is 29.4 Å². The van der Waals surface area contributed by atoms with Crippen LogP contribution >= 0.6 is 0 Å². The van der Waals surface area contributed by atoms with Gasteiger partial charge in [-0.1, -0.05) is 6.07 Å². The lowest BCUT2D eigenvalue weighted by Gasteiger charge is -2.11. The van der Waals surface area contributed by atoms with Gasteiger partial charge in [0.2, 0.25) is 0 Å². The first kappa shape index (κ1) is 16.1. The lowest BCUT2D eigenvalue weighted by Crippen LogP contribution is -2.21. The Morgan fingerprint density at radius 2 is 1.96 bits per heavy atom. The molecule has 3 rings (SSSR count). The summed E-state index contributed by atoms with van der Waals surface area (Å²) in [6.45, 7) is 3.20. The van der Waals surface area contributed by atoms with Crippen LogP contribution in [0.15, 0.2) is 36.5 Å². The van der Waals surface area contributed by atoms with Crippen LogP contribution in [0.25, 0.3) is 0 Å². The highest BCUT2D eigenvalue weighted by Gasteiger charge is 2.13. The van der Waals surface area contributed by atoms with Crippen molar-refractivity contribution in [2.24, 2.45) is 0 Å². The Morgan fingerprint density at radius 1 is 1.13 bits per heavy atom. The van der Waals surface area contributed by atoms with Crippen molar-refractivity contribution < 1.29 is 4.39 Å². The molecule has 0 bridgehead atoms. The highest BCUT2D eigenvalue weighted by Crippen LogP contribution is 2.17. The first-order valence-electron chi connectivity index (χ1n) is 8.62. The van der Waals surface area contributed by atoms with E-state index in [0.29, 0.717) is 6.04 Å². The van der Waals surface area contributed by atoms with Crippen LogP contribution in [0.5, 0.6) is 0 Å². The third kappa shape index (κ3) is 4.87. The predicted octanol–water partition coefficient (Wildman–Crippen LogP) is 4.00. The Kier molecular flexibility index (Phi) is 5.39. The molecule has 1 saturated heterocycles. The Labute approximate surface area is 138 Å². The second-order valence-corrected chi connectivity index (χ2v) is 6.62. The van der Waals surface area contributed by atoms with Gasteiger partial charge >= 0.3 is 0 Å². The van der Waals surface area contributed by atoms with Gasteiger partial charge in [-0.25, -0.2) is 4.39 Å². The standard InChI is InChI=1S/C20H25FN2/c1-15-8-10-23-20(11-15)7-5-17-12-16(13-18(21)14-17)4-6-19-3-2-9-22-19/h8,10-14,19,22H,2-7,9H2,1H3. The van der Waals surface area contributed by atoms with Gasteiger partial charge in [0.25, 0.3) is 0 Å². The lowest BCUT2D eigenvalue weighted by molar-refractivity contribution is 0.556. The second kappa shape index (κ2) is 7.69. The minimum atomic E-state index is -0.117. The van der Waals surface area contributed by atoms with Gasteiger partial charge in [0.05, 0.1) is 0 Å². The molecule has 122 valence electrons. The zero-order valence-corrected chi connectivity index (χ0v) is 13.8. The maximum absolute atomic E-state index is 13.9. The molecule has 1 aliphatic heterocycles. The van der Waals surface area contributed by atoms with E-state index >= 15 is 0 Å². The molecule has 0 radical (unpaired) electrons. The highest BCUT2D eigenvalue weighted by molar-refractivity contribution is 5.26. The topological polar surface area (TPSA) is 24.9 Å². The van der Waals surface area contributed by atoms with Crippen molar-refractivity contribution in [1.82, 2.24) is 10.3 Å². The molecule has 3 heteroatoms. The summed E-state index contributed by atoms with van der Waals surface area (Å²) in [6.07, 6.45) is 8.10. The van der Waals surface area contributed by atoms with Crippen LogP contribution in [0, 0.1) is 12.7 Å². The summed E-state index contributed by atoms with van der Waals surface area (Å²) in [6, 6.07) is 10.2. The molecular formula is C20H25FN2. The average Bonchev–Trinajstić information content (AvgIpc) is 3.04. The average molecular weight is 312 g/mol. The number of nitrogens with one attached hydrogen (secondary N) is 1. The number of aryl methyl sites for hydroxylation is 4. The van der Waals surface area contributed by atoms with Crippen molar-refractivity contribution in [3.63, 3.8) is 0 Å². The third-order valence-electron chi connectivity index (χ3n) is 4.60. The van der Waals surface area contributed by atoms with Gasteiger partial charge < -0.3 is 5.32 Å². The number of pyridine rings is 1. The van der Waals surface area contributed by atoms with Crippen LogP contribution in [-0.4, -0.2) is 17.6 Å². The summed E-state index contributed by atoms with van der Waals surface area (Å²) in [5, 5.41) is 3.51. The SMILES string of the molecule is Cc1ccnc(CCc2cc(F)cc(CCC3CCCN3)c2)c1. The molecule has 1 aromatic carbocycles. The van der Waals surface area contributed by atoms with Gasteiger partial charge in [-0.3, -0.25) is 4.98 Å². The number of hydrogen-bond donors (Lipinski definition) is 1. The molecule has 1 aliphatic rings. The fraction of sp³-hybridized carbons (Fsp3) is 0.450. The minimum Gasteiger partial charge on any atom is -0.314 e. The van der Waals surface area contributed by atoms with Crippen LogP contribution in [-0.2, 0) is 19.3 Å². The van der Waals surface area contributed by atoms with Gasteiger partial charge in [-0.2, -0.15) is 0 Å². The fourth-order valence-electron chi connectivity index (χ4n) is 3.36. The van der Waals surface area contributed by atoms with Crippen LogP contribution in [0.2, 0.25) is 0 Å². The van der Waals surface area contributed by atoms with Gasteiger partial charge in [0.15, 0.2) is 0 Å². The Balaban J connectivity index is 1.60. The van der Waals surface area contributed by atoms with E-state index < -0.39 is 0 Å². The predicted molar refractivity (Wildman–Crippen MR) is 92.1 cm³/mol. The minimum absolute atomic E-state index is 0.117. The Bertz CT molecular complexity index is 648. The highest BCUT2D eigenvalue weighted by atomic mass is 19.1. The third-order valence-corrected chi connectivity index (χ3v) is 4.60. The molecule has 0 spiro atoms. The smallest absolute Gasteiger partial charge is 0.123 e. The molecule has 0 saturated carbocycles. The van der Waals surface area contributed by atoms with E-state index in [1.807, 2.05) is 12.3 Å².